The summed E-state index contributed by atoms with van der Waals surface area (Å²) >= 11 is 1.62. The number of hydrogen-bond acceptors (Lipinski definition) is 4. The highest BCUT2D eigenvalue weighted by atomic mass is 32.1. The van der Waals surface area contributed by atoms with Crippen molar-refractivity contribution in [1.29, 1.82) is 0 Å². The highest BCUT2D eigenvalue weighted by Crippen LogP contribution is 2.23. The van der Waals surface area contributed by atoms with Crippen LogP contribution < -0.4 is 0 Å². The number of rotatable bonds is 3. The normalized spacial score (nSPS) is 11.1. The Kier molecular flexibility index (Phi) is 3.16. The lowest BCUT2D eigenvalue weighted by molar-refractivity contribution is 0.626. The van der Waals surface area contributed by atoms with Gasteiger partial charge >= 0.3 is 0 Å². The fourth-order valence-electron chi connectivity index (χ4n) is 2.28. The molecule has 0 aliphatic rings. The van der Waals surface area contributed by atoms with E-state index in [1.807, 2.05) is 22.1 Å². The molecule has 0 aliphatic heterocycles. The van der Waals surface area contributed by atoms with Gasteiger partial charge in [0.25, 0.3) is 0 Å². The lowest BCUT2D eigenvalue weighted by atomic mass is 10.2. The molecule has 4 nitrogen and oxygen atoms in total. The van der Waals surface area contributed by atoms with Crippen molar-refractivity contribution in [2.24, 2.45) is 0 Å². The van der Waals surface area contributed by atoms with Crippen LogP contribution in [0.3, 0.4) is 0 Å². The van der Waals surface area contributed by atoms with E-state index in [9.17, 15) is 4.39 Å². The molecular formula is C16H11FN4S. The van der Waals surface area contributed by atoms with Gasteiger partial charge in [-0.1, -0.05) is 18.2 Å². The second kappa shape index (κ2) is 5.31. The summed E-state index contributed by atoms with van der Waals surface area (Å²) in [6.45, 7) is 0.583. The third-order valence-corrected chi connectivity index (χ3v) is 4.26. The summed E-state index contributed by atoms with van der Waals surface area (Å²) in [7, 11) is 0. The van der Waals surface area contributed by atoms with Crippen molar-refractivity contribution in [2.75, 3.05) is 0 Å². The number of fused-ring (bicyclic) bond motifs is 1. The molecule has 0 unspecified atom stereocenters. The Morgan fingerprint density at radius 2 is 1.95 bits per heavy atom. The summed E-state index contributed by atoms with van der Waals surface area (Å²) in [6.07, 6.45) is 3.45. The molecule has 0 aliphatic carbocycles. The number of halogens is 1. The number of imidazole rings is 1. The summed E-state index contributed by atoms with van der Waals surface area (Å²) in [4.78, 5) is 14.4. The van der Waals surface area contributed by atoms with Gasteiger partial charge in [-0.05, 0) is 29.1 Å². The first-order valence-corrected chi connectivity index (χ1v) is 7.64. The molecule has 22 heavy (non-hydrogen) atoms. The summed E-state index contributed by atoms with van der Waals surface area (Å²) in [6, 6.07) is 10.4. The zero-order valence-corrected chi connectivity index (χ0v) is 12.3. The van der Waals surface area contributed by atoms with Crippen LogP contribution in [-0.2, 0) is 6.54 Å². The van der Waals surface area contributed by atoms with Crippen molar-refractivity contribution < 1.29 is 4.39 Å². The average molecular weight is 310 g/mol. The zero-order valence-electron chi connectivity index (χ0n) is 11.5. The maximum absolute atomic E-state index is 13.0. The fourth-order valence-corrected chi connectivity index (χ4v) is 2.96. The van der Waals surface area contributed by atoms with E-state index < -0.39 is 0 Å². The predicted molar refractivity (Wildman–Crippen MR) is 84.1 cm³/mol. The van der Waals surface area contributed by atoms with Crippen molar-refractivity contribution in [3.05, 3.63) is 65.7 Å². The van der Waals surface area contributed by atoms with Gasteiger partial charge in [-0.2, -0.15) is 0 Å². The van der Waals surface area contributed by atoms with Gasteiger partial charge in [-0.3, -0.25) is 0 Å². The number of thiophene rings is 1. The molecule has 0 saturated carbocycles. The van der Waals surface area contributed by atoms with E-state index in [0.29, 0.717) is 12.2 Å². The molecule has 1 aromatic carbocycles. The molecule has 0 N–H and O–H groups in total. The van der Waals surface area contributed by atoms with Gasteiger partial charge < -0.3 is 4.57 Å². The molecule has 0 saturated heterocycles. The van der Waals surface area contributed by atoms with Gasteiger partial charge in [0.2, 0.25) is 0 Å². The lowest BCUT2D eigenvalue weighted by Gasteiger charge is -2.04. The Hall–Kier alpha value is -2.60. The summed E-state index contributed by atoms with van der Waals surface area (Å²) in [5.74, 6) is -0.237. The van der Waals surface area contributed by atoms with E-state index in [-0.39, 0.29) is 5.82 Å². The van der Waals surface area contributed by atoms with Crippen LogP contribution in [0.4, 0.5) is 4.39 Å². The predicted octanol–water partition coefficient (Wildman–Crippen LogP) is 3.74. The molecule has 3 aromatic heterocycles. The maximum Gasteiger partial charge on any atom is 0.197 e. The Morgan fingerprint density at radius 3 is 2.73 bits per heavy atom. The van der Waals surface area contributed by atoms with Crippen LogP contribution in [0, 0.1) is 5.82 Å². The number of aromatic nitrogens is 4. The average Bonchev–Trinajstić information content (AvgIpc) is 3.19. The number of hydrogen-bond donors (Lipinski definition) is 0. The van der Waals surface area contributed by atoms with Crippen molar-refractivity contribution in [3.63, 3.8) is 0 Å². The highest BCUT2D eigenvalue weighted by Gasteiger charge is 2.09. The molecule has 0 atom stereocenters. The van der Waals surface area contributed by atoms with Gasteiger partial charge in [0.1, 0.15) is 11.5 Å². The van der Waals surface area contributed by atoms with Crippen LogP contribution in [-0.4, -0.2) is 19.5 Å². The van der Waals surface area contributed by atoms with Gasteiger partial charge in [0.05, 0.1) is 23.9 Å². The van der Waals surface area contributed by atoms with Crippen molar-refractivity contribution in [3.8, 4) is 10.6 Å². The largest absolute Gasteiger partial charge is 0.309 e. The van der Waals surface area contributed by atoms with Crippen LogP contribution in [0.1, 0.15) is 5.56 Å². The number of benzene rings is 1. The Balaban J connectivity index is 1.74. The van der Waals surface area contributed by atoms with E-state index in [4.69, 9.17) is 0 Å². The van der Waals surface area contributed by atoms with Crippen LogP contribution in [0.2, 0.25) is 0 Å². The Labute approximate surface area is 129 Å². The van der Waals surface area contributed by atoms with Gasteiger partial charge in [0.15, 0.2) is 11.3 Å². The van der Waals surface area contributed by atoms with Crippen LogP contribution >= 0.6 is 11.3 Å². The van der Waals surface area contributed by atoms with Crippen molar-refractivity contribution >= 4 is 22.6 Å². The second-order valence-corrected chi connectivity index (χ2v) is 5.83. The number of nitrogens with zero attached hydrogens (tertiary/aromatic N) is 4. The Morgan fingerprint density at radius 1 is 1.09 bits per heavy atom. The molecule has 0 bridgehead atoms. The van der Waals surface area contributed by atoms with Gasteiger partial charge in [-0.15, -0.1) is 11.3 Å². The van der Waals surface area contributed by atoms with E-state index in [1.54, 1.807) is 36.0 Å². The third kappa shape index (κ3) is 2.37. The van der Waals surface area contributed by atoms with E-state index in [2.05, 4.69) is 15.0 Å². The topological polar surface area (TPSA) is 43.6 Å². The molecule has 3 heterocycles. The van der Waals surface area contributed by atoms with Crippen molar-refractivity contribution in [1.82, 2.24) is 19.5 Å². The minimum absolute atomic E-state index is 0.237. The first-order chi connectivity index (χ1) is 10.8. The molecule has 0 amide bonds. The minimum atomic E-state index is -0.237. The van der Waals surface area contributed by atoms with Crippen LogP contribution in [0.25, 0.3) is 21.9 Å². The standard InChI is InChI=1S/C16H11FN4S/c17-12-5-3-11(4-6-12)9-21-10-19-15-16(21)20-13(8-18-15)14-2-1-7-22-14/h1-8,10H,9H2. The molecule has 108 valence electrons. The quantitative estimate of drug-likeness (QED) is 0.579. The van der Waals surface area contributed by atoms with Gasteiger partial charge in [-0.25, -0.2) is 19.3 Å². The molecule has 0 spiro atoms. The monoisotopic (exact) mass is 310 g/mol. The van der Waals surface area contributed by atoms with Gasteiger partial charge in [0, 0.05) is 0 Å². The summed E-state index contributed by atoms with van der Waals surface area (Å²) in [5.41, 5.74) is 3.17. The minimum Gasteiger partial charge on any atom is -0.309 e. The highest BCUT2D eigenvalue weighted by molar-refractivity contribution is 7.13. The Bertz CT molecular complexity index is 913. The van der Waals surface area contributed by atoms with Crippen molar-refractivity contribution in [2.45, 2.75) is 6.54 Å². The van der Waals surface area contributed by atoms with Crippen LogP contribution in [0.15, 0.2) is 54.3 Å². The molecular weight excluding hydrogens is 299 g/mol. The molecule has 6 heteroatoms. The molecule has 0 fully saturated rings. The lowest BCUT2D eigenvalue weighted by Crippen LogP contribution is -2.00. The first-order valence-electron chi connectivity index (χ1n) is 6.76. The third-order valence-electron chi connectivity index (χ3n) is 3.37. The smallest absolute Gasteiger partial charge is 0.197 e. The van der Waals surface area contributed by atoms with E-state index in [1.165, 1.54) is 12.1 Å². The summed E-state index contributed by atoms with van der Waals surface area (Å²) < 4.78 is 14.9. The maximum atomic E-state index is 13.0. The van der Waals surface area contributed by atoms with Crippen LogP contribution in [0.5, 0.6) is 0 Å². The fraction of sp³-hybridized carbons (Fsp3) is 0.0625. The molecule has 4 rings (SSSR count). The zero-order chi connectivity index (χ0) is 14.9. The summed E-state index contributed by atoms with van der Waals surface area (Å²) in [5, 5.41) is 2.01. The first kappa shape index (κ1) is 13.1. The second-order valence-electron chi connectivity index (χ2n) is 4.88. The molecule has 0 radical (unpaired) electrons. The van der Waals surface area contributed by atoms with E-state index in [0.717, 1.165) is 21.8 Å². The SMILES string of the molecule is Fc1ccc(Cn2cnc3ncc(-c4cccs4)nc32)cc1. The molecule has 4 aromatic rings. The van der Waals surface area contributed by atoms with E-state index >= 15 is 0 Å².